The molecule has 0 radical (unpaired) electrons. The Hall–Kier alpha value is -3.38. The summed E-state index contributed by atoms with van der Waals surface area (Å²) in [4.78, 5) is 27.7. The molecular weight excluding hydrogens is 727 g/mol. The van der Waals surface area contributed by atoms with Crippen molar-refractivity contribution in [3.8, 4) is 5.75 Å². The van der Waals surface area contributed by atoms with Gasteiger partial charge >= 0.3 is 5.97 Å². The minimum atomic E-state index is -0.721. The molecule has 11 nitrogen and oxygen atoms in total. The van der Waals surface area contributed by atoms with E-state index >= 15 is 0 Å². The minimum Gasteiger partial charge on any atom is -0.494 e. The monoisotopic (exact) mass is 806 g/mol. The number of azo groups is 1. The molecule has 1 heterocycles. The van der Waals surface area contributed by atoms with Crippen LogP contribution in [-0.2, 0) is 9.53 Å². The van der Waals surface area contributed by atoms with Gasteiger partial charge in [0.2, 0.25) is 0 Å². The summed E-state index contributed by atoms with van der Waals surface area (Å²) in [5.41, 5.74) is 1.80. The quantitative estimate of drug-likeness (QED) is 0.0399. The molecule has 0 aromatic heterocycles. The lowest BCUT2D eigenvalue weighted by Crippen LogP contribution is -2.39. The van der Waals surface area contributed by atoms with E-state index in [1.807, 2.05) is 24.3 Å². The van der Waals surface area contributed by atoms with Gasteiger partial charge in [0.1, 0.15) is 11.8 Å². The van der Waals surface area contributed by atoms with Crippen LogP contribution in [0.5, 0.6) is 5.75 Å². The van der Waals surface area contributed by atoms with Crippen molar-refractivity contribution in [2.75, 3.05) is 72.1 Å². The Balaban J connectivity index is 1.19. The van der Waals surface area contributed by atoms with Gasteiger partial charge in [-0.05, 0) is 120 Å². The molecule has 4 N–H and O–H groups in total. The lowest BCUT2D eigenvalue weighted by molar-refractivity contribution is -0.145. The van der Waals surface area contributed by atoms with Crippen molar-refractivity contribution >= 4 is 23.3 Å². The van der Waals surface area contributed by atoms with Crippen molar-refractivity contribution < 1.29 is 19.1 Å². The molecule has 1 fully saturated rings. The SMILES string of the molecule is CCCCCCCCCCCOC(=O)C(C)NC(=O)c1ccc(N=Nc2ccc(OCCCCCCCCCCN3CCCNCCNCCCNCC3)cc2)cc1. The first-order chi connectivity index (χ1) is 28.5. The number of unbranched alkanes of at least 4 members (excludes halogenated alkanes) is 15. The van der Waals surface area contributed by atoms with Crippen LogP contribution < -0.4 is 26.0 Å². The molecule has 0 aliphatic carbocycles. The van der Waals surface area contributed by atoms with Crippen molar-refractivity contribution in [1.29, 1.82) is 0 Å². The Bertz CT molecular complexity index is 1330. The molecule has 2 aromatic rings. The summed E-state index contributed by atoms with van der Waals surface area (Å²) in [5.74, 6) is 0.0963. The number of carbonyl (C=O) groups excluding carboxylic acids is 2. The van der Waals surface area contributed by atoms with Gasteiger partial charge in [0, 0.05) is 31.7 Å². The summed E-state index contributed by atoms with van der Waals surface area (Å²) < 4.78 is 11.4. The van der Waals surface area contributed by atoms with Crippen LogP contribution >= 0.6 is 0 Å². The number of hydrogen-bond acceptors (Lipinski definition) is 10. The molecule has 1 atom stereocenters. The van der Waals surface area contributed by atoms with E-state index < -0.39 is 12.0 Å². The van der Waals surface area contributed by atoms with Gasteiger partial charge in [-0.3, -0.25) is 4.79 Å². The van der Waals surface area contributed by atoms with Gasteiger partial charge in [-0.1, -0.05) is 96.8 Å². The number of nitrogens with zero attached hydrogens (tertiary/aromatic N) is 3. The normalized spacial score (nSPS) is 15.5. The van der Waals surface area contributed by atoms with Gasteiger partial charge in [0.15, 0.2) is 0 Å². The van der Waals surface area contributed by atoms with E-state index in [0.29, 0.717) is 17.9 Å². The average molecular weight is 806 g/mol. The van der Waals surface area contributed by atoms with Crippen LogP contribution in [0.2, 0.25) is 0 Å². The van der Waals surface area contributed by atoms with Crippen molar-refractivity contribution in [1.82, 2.24) is 26.2 Å². The molecule has 1 amide bonds. The average Bonchev–Trinajstić information content (AvgIpc) is 3.24. The topological polar surface area (TPSA) is 129 Å². The van der Waals surface area contributed by atoms with Crippen molar-refractivity contribution in [3.63, 3.8) is 0 Å². The fraction of sp³-hybridized carbons (Fsp3) is 0.702. The van der Waals surface area contributed by atoms with Crippen LogP contribution in [0, 0.1) is 0 Å². The van der Waals surface area contributed by atoms with E-state index in [2.05, 4.69) is 43.3 Å². The number of benzene rings is 2. The second-order valence-electron chi connectivity index (χ2n) is 15.9. The zero-order valence-corrected chi connectivity index (χ0v) is 36.4. The lowest BCUT2D eigenvalue weighted by atomic mass is 10.1. The van der Waals surface area contributed by atoms with Crippen molar-refractivity contribution in [3.05, 3.63) is 54.1 Å². The number of nitrogens with one attached hydrogen (secondary N) is 4. The van der Waals surface area contributed by atoms with E-state index in [4.69, 9.17) is 9.47 Å². The highest BCUT2D eigenvalue weighted by atomic mass is 16.5. The van der Waals surface area contributed by atoms with Gasteiger partial charge in [-0.15, -0.1) is 0 Å². The molecule has 2 aromatic carbocycles. The third-order valence-corrected chi connectivity index (χ3v) is 10.7. The zero-order chi connectivity index (χ0) is 41.1. The van der Waals surface area contributed by atoms with Crippen molar-refractivity contribution in [2.24, 2.45) is 10.2 Å². The van der Waals surface area contributed by atoms with Gasteiger partial charge in [0.05, 0.1) is 24.6 Å². The summed E-state index contributed by atoms with van der Waals surface area (Å²) in [6.45, 7) is 15.1. The summed E-state index contributed by atoms with van der Waals surface area (Å²) >= 11 is 0. The summed E-state index contributed by atoms with van der Waals surface area (Å²) in [6, 6.07) is 13.8. The number of rotatable bonds is 27. The van der Waals surface area contributed by atoms with Crippen LogP contribution in [0.15, 0.2) is 58.8 Å². The minimum absolute atomic E-state index is 0.331. The Morgan fingerprint density at radius 3 is 1.76 bits per heavy atom. The van der Waals surface area contributed by atoms with E-state index in [9.17, 15) is 9.59 Å². The van der Waals surface area contributed by atoms with Gasteiger partial charge in [-0.25, -0.2) is 4.79 Å². The number of esters is 1. The van der Waals surface area contributed by atoms with E-state index in [1.165, 1.54) is 116 Å². The summed E-state index contributed by atoms with van der Waals surface area (Å²) in [6.07, 6.45) is 23.4. The first-order valence-electron chi connectivity index (χ1n) is 23.1. The van der Waals surface area contributed by atoms with Crippen LogP contribution in [0.4, 0.5) is 11.4 Å². The summed E-state index contributed by atoms with van der Waals surface area (Å²) in [7, 11) is 0. The molecule has 1 aliphatic rings. The Morgan fingerprint density at radius 2 is 1.14 bits per heavy atom. The first kappa shape index (κ1) is 49.0. The number of amides is 1. The van der Waals surface area contributed by atoms with Gasteiger partial charge < -0.3 is 35.6 Å². The number of ether oxygens (including phenoxy) is 2. The molecule has 0 bridgehead atoms. The largest absolute Gasteiger partial charge is 0.494 e. The molecule has 0 spiro atoms. The predicted octanol–water partition coefficient (Wildman–Crippen LogP) is 9.66. The fourth-order valence-electron chi connectivity index (χ4n) is 7.03. The third-order valence-electron chi connectivity index (χ3n) is 10.7. The molecule has 1 saturated heterocycles. The highest BCUT2D eigenvalue weighted by Gasteiger charge is 2.18. The maximum Gasteiger partial charge on any atom is 0.328 e. The number of hydrogen-bond donors (Lipinski definition) is 4. The van der Waals surface area contributed by atoms with E-state index in [1.54, 1.807) is 31.2 Å². The fourth-order valence-corrected chi connectivity index (χ4v) is 7.03. The molecule has 1 unspecified atom stereocenters. The van der Waals surface area contributed by atoms with Crippen molar-refractivity contribution in [2.45, 2.75) is 142 Å². The molecule has 1 aliphatic heterocycles. The second kappa shape index (κ2) is 33.5. The second-order valence-corrected chi connectivity index (χ2v) is 15.9. The number of carbonyl (C=O) groups is 2. The summed E-state index contributed by atoms with van der Waals surface area (Å²) in [5, 5.41) is 22.1. The maximum atomic E-state index is 12.7. The van der Waals surface area contributed by atoms with E-state index in [0.717, 1.165) is 83.1 Å². The highest BCUT2D eigenvalue weighted by Crippen LogP contribution is 2.22. The lowest BCUT2D eigenvalue weighted by Gasteiger charge is -2.23. The Labute approximate surface area is 351 Å². The maximum absolute atomic E-state index is 12.7. The Morgan fingerprint density at radius 1 is 0.621 bits per heavy atom. The molecule has 3 rings (SSSR count). The third kappa shape index (κ3) is 24.5. The van der Waals surface area contributed by atoms with E-state index in [-0.39, 0.29) is 5.91 Å². The van der Waals surface area contributed by atoms with Gasteiger partial charge in [0.25, 0.3) is 5.91 Å². The molecule has 11 heteroatoms. The molecular formula is C47H79N7O4. The van der Waals surface area contributed by atoms with Crippen LogP contribution in [0.3, 0.4) is 0 Å². The smallest absolute Gasteiger partial charge is 0.328 e. The first-order valence-corrected chi connectivity index (χ1v) is 23.1. The van der Waals surface area contributed by atoms with Gasteiger partial charge in [-0.2, -0.15) is 10.2 Å². The predicted molar refractivity (Wildman–Crippen MR) is 239 cm³/mol. The highest BCUT2D eigenvalue weighted by molar-refractivity contribution is 5.96. The molecule has 0 saturated carbocycles. The van der Waals surface area contributed by atoms with Crippen LogP contribution in [0.1, 0.15) is 146 Å². The zero-order valence-electron chi connectivity index (χ0n) is 36.4. The molecule has 326 valence electrons. The Kier molecular flexibility index (Phi) is 28.3. The van der Waals surface area contributed by atoms with Crippen LogP contribution in [-0.4, -0.2) is 94.9 Å². The standard InChI is InChI=1S/C47H79N7O4/c1-3-4-5-6-7-9-13-16-19-40-58-47(56)41(2)51-46(55)42-22-24-43(25-23-42)52-53-44-26-28-45(29-27-44)57-39-18-15-12-10-8-11-14-17-36-54-37-21-32-49-34-33-48-30-20-31-50-35-38-54/h22-29,41,48-50H,3-21,30-40H2,1-2H3,(H,51,55). The van der Waals surface area contributed by atoms with Crippen LogP contribution in [0.25, 0.3) is 0 Å². The molecule has 58 heavy (non-hydrogen) atoms.